The van der Waals surface area contributed by atoms with Gasteiger partial charge in [0.25, 0.3) is 5.91 Å². The van der Waals surface area contributed by atoms with Gasteiger partial charge in [-0.2, -0.15) is 0 Å². The quantitative estimate of drug-likeness (QED) is 0.857. The molecular formula is C14H20N2O3. The topological polar surface area (TPSA) is 69.6 Å². The molecule has 0 fully saturated rings. The number of aromatic hydroxyl groups is 1. The second-order valence-corrected chi connectivity index (χ2v) is 4.67. The Bertz CT molecular complexity index is 486. The van der Waals surface area contributed by atoms with Gasteiger partial charge < -0.3 is 15.3 Å². The molecule has 19 heavy (non-hydrogen) atoms. The summed E-state index contributed by atoms with van der Waals surface area (Å²) in [5, 5.41) is 12.4. The van der Waals surface area contributed by atoms with Crippen molar-refractivity contribution in [3.63, 3.8) is 0 Å². The molecular weight excluding hydrogens is 244 g/mol. The lowest BCUT2D eigenvalue weighted by Crippen LogP contribution is -2.37. The highest BCUT2D eigenvalue weighted by Gasteiger charge is 2.20. The van der Waals surface area contributed by atoms with Gasteiger partial charge in [0.15, 0.2) is 0 Å². The molecule has 0 aromatic heterocycles. The lowest BCUT2D eigenvalue weighted by atomic mass is 10.1. The summed E-state index contributed by atoms with van der Waals surface area (Å²) in [6.07, 6.45) is 0. The zero-order valence-corrected chi connectivity index (χ0v) is 11.7. The number of nitrogens with one attached hydrogen (secondary N) is 1. The average molecular weight is 264 g/mol. The summed E-state index contributed by atoms with van der Waals surface area (Å²) in [7, 11) is 3.18. The van der Waals surface area contributed by atoms with Crippen molar-refractivity contribution in [1.82, 2.24) is 10.2 Å². The number of hydrogen-bond donors (Lipinski definition) is 2. The van der Waals surface area contributed by atoms with Crippen LogP contribution in [-0.4, -0.2) is 42.5 Å². The van der Waals surface area contributed by atoms with E-state index < -0.39 is 0 Å². The van der Waals surface area contributed by atoms with E-state index in [1.165, 1.54) is 4.90 Å². The van der Waals surface area contributed by atoms with E-state index in [9.17, 15) is 14.7 Å². The first-order chi connectivity index (χ1) is 8.88. The Morgan fingerprint density at radius 3 is 2.63 bits per heavy atom. The molecule has 0 aliphatic carbocycles. The fourth-order valence-corrected chi connectivity index (χ4v) is 1.86. The summed E-state index contributed by atoms with van der Waals surface area (Å²) in [5.41, 5.74) is 0.908. The van der Waals surface area contributed by atoms with Gasteiger partial charge in [0.2, 0.25) is 5.91 Å². The van der Waals surface area contributed by atoms with Crippen LogP contribution in [0, 0.1) is 12.8 Å². The van der Waals surface area contributed by atoms with Crippen molar-refractivity contribution in [3.05, 3.63) is 29.3 Å². The van der Waals surface area contributed by atoms with Crippen LogP contribution in [-0.2, 0) is 4.79 Å². The van der Waals surface area contributed by atoms with Crippen LogP contribution in [0.25, 0.3) is 0 Å². The minimum atomic E-state index is -0.300. The first-order valence-electron chi connectivity index (χ1n) is 6.14. The lowest BCUT2D eigenvalue weighted by molar-refractivity contribution is -0.124. The molecule has 0 aliphatic rings. The zero-order valence-electron chi connectivity index (χ0n) is 11.7. The van der Waals surface area contributed by atoms with Crippen molar-refractivity contribution in [2.75, 3.05) is 20.6 Å². The van der Waals surface area contributed by atoms with Crippen molar-refractivity contribution in [3.8, 4) is 5.75 Å². The number of rotatable bonds is 4. The predicted molar refractivity (Wildman–Crippen MR) is 73.0 cm³/mol. The molecule has 0 saturated heterocycles. The fraction of sp³-hybridized carbons (Fsp3) is 0.429. The molecule has 1 aromatic carbocycles. The van der Waals surface area contributed by atoms with Gasteiger partial charge in [-0.3, -0.25) is 9.59 Å². The second-order valence-electron chi connectivity index (χ2n) is 4.67. The van der Waals surface area contributed by atoms with Gasteiger partial charge in [0.05, 0.1) is 11.5 Å². The molecule has 1 unspecified atom stereocenters. The second kappa shape index (κ2) is 6.22. The Kier molecular flexibility index (Phi) is 4.92. The largest absolute Gasteiger partial charge is 0.507 e. The summed E-state index contributed by atoms with van der Waals surface area (Å²) < 4.78 is 0. The molecule has 1 atom stereocenters. The number of aryl methyl sites for hydroxylation is 1. The maximum absolute atomic E-state index is 12.2. The Hall–Kier alpha value is -2.04. The van der Waals surface area contributed by atoms with Crippen molar-refractivity contribution >= 4 is 11.8 Å². The van der Waals surface area contributed by atoms with Crippen molar-refractivity contribution in [2.24, 2.45) is 5.92 Å². The number of carbonyl (C=O) groups excluding carboxylic acids is 2. The zero-order chi connectivity index (χ0) is 14.6. The first-order valence-corrected chi connectivity index (χ1v) is 6.14. The van der Waals surface area contributed by atoms with Gasteiger partial charge in [-0.1, -0.05) is 19.1 Å². The Balaban J connectivity index is 2.83. The van der Waals surface area contributed by atoms with Crippen LogP contribution in [0.1, 0.15) is 22.8 Å². The molecule has 5 heteroatoms. The number of para-hydroxylation sites is 1. The molecule has 0 aliphatic heterocycles. The first kappa shape index (κ1) is 15.0. The normalized spacial score (nSPS) is 11.8. The number of phenols is 1. The maximum atomic E-state index is 12.2. The van der Waals surface area contributed by atoms with E-state index in [0.29, 0.717) is 12.1 Å². The fourth-order valence-electron chi connectivity index (χ4n) is 1.86. The van der Waals surface area contributed by atoms with Crippen LogP contribution in [0.15, 0.2) is 18.2 Å². The smallest absolute Gasteiger partial charge is 0.257 e. The molecule has 0 spiro atoms. The molecule has 0 radical (unpaired) electrons. The number of hydrogen-bond acceptors (Lipinski definition) is 3. The van der Waals surface area contributed by atoms with E-state index in [-0.39, 0.29) is 29.0 Å². The highest BCUT2D eigenvalue weighted by Crippen LogP contribution is 2.22. The van der Waals surface area contributed by atoms with Gasteiger partial charge in [0.1, 0.15) is 5.75 Å². The van der Waals surface area contributed by atoms with Crippen molar-refractivity contribution in [2.45, 2.75) is 13.8 Å². The van der Waals surface area contributed by atoms with Crippen LogP contribution >= 0.6 is 0 Å². The molecule has 1 aromatic rings. The molecule has 2 amide bonds. The summed E-state index contributed by atoms with van der Waals surface area (Å²) in [4.78, 5) is 25.1. The van der Waals surface area contributed by atoms with Gasteiger partial charge in [0, 0.05) is 20.6 Å². The molecule has 2 N–H and O–H groups in total. The molecule has 5 nitrogen and oxygen atoms in total. The van der Waals surface area contributed by atoms with E-state index >= 15 is 0 Å². The van der Waals surface area contributed by atoms with Gasteiger partial charge >= 0.3 is 0 Å². The third-order valence-corrected chi connectivity index (χ3v) is 3.06. The molecule has 1 rings (SSSR count). The van der Waals surface area contributed by atoms with Crippen molar-refractivity contribution < 1.29 is 14.7 Å². The number of nitrogens with zero attached hydrogens (tertiary/aromatic N) is 1. The minimum Gasteiger partial charge on any atom is -0.507 e. The van der Waals surface area contributed by atoms with Gasteiger partial charge in [-0.05, 0) is 18.6 Å². The highest BCUT2D eigenvalue weighted by atomic mass is 16.3. The summed E-state index contributed by atoms with van der Waals surface area (Å²) >= 11 is 0. The Morgan fingerprint density at radius 2 is 2.05 bits per heavy atom. The minimum absolute atomic E-state index is 0.00746. The molecule has 104 valence electrons. The molecule has 0 heterocycles. The number of carbonyl (C=O) groups is 2. The van der Waals surface area contributed by atoms with E-state index in [2.05, 4.69) is 5.32 Å². The monoisotopic (exact) mass is 264 g/mol. The summed E-state index contributed by atoms with van der Waals surface area (Å²) in [6, 6.07) is 5.03. The summed E-state index contributed by atoms with van der Waals surface area (Å²) in [6.45, 7) is 3.78. The van der Waals surface area contributed by atoms with E-state index in [4.69, 9.17) is 0 Å². The Morgan fingerprint density at radius 1 is 1.42 bits per heavy atom. The standard InChI is InChI=1S/C14H20N2O3/c1-9-6-5-7-11(12(9)17)14(19)16(4)8-10(2)13(18)15-3/h5-7,10,17H,8H2,1-4H3,(H,15,18). The van der Waals surface area contributed by atoms with Crippen LogP contribution in [0.2, 0.25) is 0 Å². The van der Waals surface area contributed by atoms with E-state index in [1.807, 2.05) is 0 Å². The van der Waals surface area contributed by atoms with Gasteiger partial charge in [-0.25, -0.2) is 0 Å². The van der Waals surface area contributed by atoms with E-state index in [0.717, 1.165) is 0 Å². The summed E-state index contributed by atoms with van der Waals surface area (Å²) in [5.74, 6) is -0.720. The maximum Gasteiger partial charge on any atom is 0.257 e. The highest BCUT2D eigenvalue weighted by molar-refractivity contribution is 5.97. The number of amides is 2. The molecule has 0 bridgehead atoms. The third kappa shape index (κ3) is 3.47. The van der Waals surface area contributed by atoms with Crippen LogP contribution in [0.4, 0.5) is 0 Å². The van der Waals surface area contributed by atoms with Crippen LogP contribution < -0.4 is 5.32 Å². The Labute approximate surface area is 113 Å². The lowest BCUT2D eigenvalue weighted by Gasteiger charge is -2.21. The van der Waals surface area contributed by atoms with Crippen LogP contribution in [0.5, 0.6) is 5.75 Å². The van der Waals surface area contributed by atoms with E-state index in [1.54, 1.807) is 46.1 Å². The van der Waals surface area contributed by atoms with Crippen molar-refractivity contribution in [1.29, 1.82) is 0 Å². The van der Waals surface area contributed by atoms with Gasteiger partial charge in [-0.15, -0.1) is 0 Å². The predicted octanol–water partition coefficient (Wildman–Crippen LogP) is 1.15. The third-order valence-electron chi connectivity index (χ3n) is 3.06. The average Bonchev–Trinajstić information content (AvgIpc) is 2.39. The SMILES string of the molecule is CNC(=O)C(C)CN(C)C(=O)c1cccc(C)c1O. The van der Waals surface area contributed by atoms with Crippen LogP contribution in [0.3, 0.4) is 0 Å². The number of benzene rings is 1. The molecule has 0 saturated carbocycles. The number of phenolic OH excluding ortho intramolecular Hbond substituents is 1.